The Balaban J connectivity index is 2.03. The van der Waals surface area contributed by atoms with E-state index in [1.54, 1.807) is 30.1 Å². The summed E-state index contributed by atoms with van der Waals surface area (Å²) in [5, 5.41) is 11.6. The van der Waals surface area contributed by atoms with Crippen LogP contribution in [0.2, 0.25) is 0 Å². The quantitative estimate of drug-likeness (QED) is 0.859. The third-order valence-electron chi connectivity index (χ3n) is 2.68. The second-order valence-corrected chi connectivity index (χ2v) is 4.08. The van der Waals surface area contributed by atoms with Crippen molar-refractivity contribution in [3.8, 4) is 0 Å². The lowest BCUT2D eigenvalue weighted by atomic mass is 10.1. The highest BCUT2D eigenvalue weighted by Crippen LogP contribution is 2.05. The molecule has 0 saturated heterocycles. The van der Waals surface area contributed by atoms with Crippen LogP contribution in [0.1, 0.15) is 26.4 Å². The van der Waals surface area contributed by atoms with Crippen molar-refractivity contribution in [2.45, 2.75) is 6.54 Å². The summed E-state index contributed by atoms with van der Waals surface area (Å²) in [7, 11) is 1.73. The molecule has 0 saturated carbocycles. The van der Waals surface area contributed by atoms with Crippen molar-refractivity contribution >= 4 is 11.9 Å². The topological polar surface area (TPSA) is 84.2 Å². The number of hydrogen-bond acceptors (Lipinski definition) is 3. The molecule has 1 aromatic carbocycles. The zero-order valence-corrected chi connectivity index (χ0v) is 10.3. The average molecular weight is 259 g/mol. The molecule has 0 bridgehead atoms. The summed E-state index contributed by atoms with van der Waals surface area (Å²) in [4.78, 5) is 26.5. The van der Waals surface area contributed by atoms with Crippen LogP contribution in [0.3, 0.4) is 0 Å². The number of imidazole rings is 1. The number of carbonyl (C=O) groups is 2. The largest absolute Gasteiger partial charge is 0.478 e. The number of aryl methyl sites for hydroxylation is 1. The highest BCUT2D eigenvalue weighted by Gasteiger charge is 2.09. The van der Waals surface area contributed by atoms with E-state index in [4.69, 9.17) is 5.11 Å². The smallest absolute Gasteiger partial charge is 0.335 e. The molecule has 0 atom stereocenters. The molecule has 0 unspecified atom stereocenters. The molecular weight excluding hydrogens is 246 g/mol. The number of hydrogen-bond donors (Lipinski definition) is 2. The van der Waals surface area contributed by atoms with Gasteiger partial charge in [0, 0.05) is 13.6 Å². The number of rotatable bonds is 4. The Morgan fingerprint density at radius 3 is 2.84 bits per heavy atom. The van der Waals surface area contributed by atoms with Gasteiger partial charge in [-0.1, -0.05) is 12.1 Å². The Labute approximate surface area is 109 Å². The van der Waals surface area contributed by atoms with Crippen molar-refractivity contribution in [1.82, 2.24) is 14.9 Å². The Morgan fingerprint density at radius 2 is 2.21 bits per heavy atom. The molecule has 98 valence electrons. The van der Waals surface area contributed by atoms with Crippen LogP contribution in [0.4, 0.5) is 0 Å². The van der Waals surface area contributed by atoms with Gasteiger partial charge >= 0.3 is 5.97 Å². The number of aromatic carboxylic acids is 1. The minimum absolute atomic E-state index is 0.201. The summed E-state index contributed by atoms with van der Waals surface area (Å²) >= 11 is 0. The van der Waals surface area contributed by atoms with Crippen LogP contribution in [-0.4, -0.2) is 26.5 Å². The van der Waals surface area contributed by atoms with Gasteiger partial charge in [0.25, 0.3) is 5.91 Å². The van der Waals surface area contributed by atoms with Crippen molar-refractivity contribution in [1.29, 1.82) is 0 Å². The SMILES string of the molecule is Cn1cncc1C(=O)NCc1cccc(C(=O)O)c1. The molecule has 6 nitrogen and oxygen atoms in total. The van der Waals surface area contributed by atoms with E-state index in [1.165, 1.54) is 18.3 Å². The van der Waals surface area contributed by atoms with Gasteiger partial charge in [-0.25, -0.2) is 9.78 Å². The van der Waals surface area contributed by atoms with Crippen LogP contribution in [0.25, 0.3) is 0 Å². The first-order chi connectivity index (χ1) is 9.08. The summed E-state index contributed by atoms with van der Waals surface area (Å²) in [5.74, 6) is -1.24. The number of carboxylic acid groups (broad SMARTS) is 1. The number of carbonyl (C=O) groups excluding carboxylic acids is 1. The van der Waals surface area contributed by atoms with Crippen molar-refractivity contribution in [2.75, 3.05) is 0 Å². The number of carboxylic acids is 1. The predicted octanol–water partition coefficient (Wildman–Crippen LogP) is 1.05. The van der Waals surface area contributed by atoms with Crippen LogP contribution in [0.5, 0.6) is 0 Å². The number of aromatic nitrogens is 2. The molecule has 2 rings (SSSR count). The molecule has 0 aliphatic carbocycles. The van der Waals surface area contributed by atoms with Crippen LogP contribution in [0.15, 0.2) is 36.8 Å². The lowest BCUT2D eigenvalue weighted by Gasteiger charge is -2.06. The van der Waals surface area contributed by atoms with Crippen LogP contribution in [0, 0.1) is 0 Å². The minimum atomic E-state index is -0.986. The number of nitrogens with one attached hydrogen (secondary N) is 1. The van der Waals surface area contributed by atoms with Gasteiger partial charge in [0.05, 0.1) is 18.1 Å². The molecule has 2 N–H and O–H groups in total. The van der Waals surface area contributed by atoms with Gasteiger partial charge in [-0.15, -0.1) is 0 Å². The van der Waals surface area contributed by atoms with E-state index in [0.29, 0.717) is 5.69 Å². The molecular formula is C13H13N3O3. The zero-order valence-electron chi connectivity index (χ0n) is 10.3. The molecule has 0 radical (unpaired) electrons. The Morgan fingerprint density at radius 1 is 1.42 bits per heavy atom. The minimum Gasteiger partial charge on any atom is -0.478 e. The maximum absolute atomic E-state index is 11.8. The van der Waals surface area contributed by atoms with Crippen molar-refractivity contribution in [3.05, 3.63) is 53.6 Å². The average Bonchev–Trinajstić information content (AvgIpc) is 2.82. The second-order valence-electron chi connectivity index (χ2n) is 4.08. The van der Waals surface area contributed by atoms with Crippen molar-refractivity contribution < 1.29 is 14.7 Å². The molecule has 6 heteroatoms. The van der Waals surface area contributed by atoms with Gasteiger partial charge in [0.2, 0.25) is 0 Å². The fourth-order valence-electron chi connectivity index (χ4n) is 1.66. The number of benzene rings is 1. The summed E-state index contributed by atoms with van der Waals surface area (Å²) in [6.07, 6.45) is 3.02. The first kappa shape index (κ1) is 12.8. The molecule has 1 amide bonds. The highest BCUT2D eigenvalue weighted by molar-refractivity contribution is 5.92. The number of amides is 1. The first-order valence-electron chi connectivity index (χ1n) is 5.64. The van der Waals surface area contributed by atoms with Crippen molar-refractivity contribution in [2.24, 2.45) is 7.05 Å². The summed E-state index contributed by atoms with van der Waals surface area (Å²) in [6, 6.07) is 6.45. The second kappa shape index (κ2) is 5.34. The van der Waals surface area contributed by atoms with E-state index in [2.05, 4.69) is 10.3 Å². The normalized spacial score (nSPS) is 10.2. The standard InChI is InChI=1S/C13H13N3O3/c1-16-8-14-7-11(16)12(17)15-6-9-3-2-4-10(5-9)13(18)19/h2-5,7-8H,6H2,1H3,(H,15,17)(H,18,19). The molecule has 1 heterocycles. The summed E-state index contributed by atoms with van der Waals surface area (Å²) in [6.45, 7) is 0.269. The third kappa shape index (κ3) is 2.98. The van der Waals surface area contributed by atoms with E-state index in [1.807, 2.05) is 0 Å². The van der Waals surface area contributed by atoms with Gasteiger partial charge in [-0.3, -0.25) is 4.79 Å². The van der Waals surface area contributed by atoms with Gasteiger partial charge in [-0.05, 0) is 17.7 Å². The molecule has 0 spiro atoms. The summed E-state index contributed by atoms with van der Waals surface area (Å²) < 4.78 is 1.61. The molecule has 1 aromatic heterocycles. The first-order valence-corrected chi connectivity index (χ1v) is 5.64. The van der Waals surface area contributed by atoms with E-state index in [9.17, 15) is 9.59 Å². The van der Waals surface area contributed by atoms with Gasteiger partial charge in [0.1, 0.15) is 5.69 Å². The fraction of sp³-hybridized carbons (Fsp3) is 0.154. The van der Waals surface area contributed by atoms with Crippen molar-refractivity contribution in [3.63, 3.8) is 0 Å². The maximum atomic E-state index is 11.8. The molecule has 2 aromatic rings. The Hall–Kier alpha value is -2.63. The molecule has 0 aliphatic heterocycles. The molecule has 0 fully saturated rings. The van der Waals surface area contributed by atoms with Crippen LogP contribution < -0.4 is 5.32 Å². The van der Waals surface area contributed by atoms with Gasteiger partial charge < -0.3 is 15.0 Å². The van der Waals surface area contributed by atoms with Gasteiger partial charge in [-0.2, -0.15) is 0 Å². The number of nitrogens with zero attached hydrogens (tertiary/aromatic N) is 2. The highest BCUT2D eigenvalue weighted by atomic mass is 16.4. The van der Waals surface area contributed by atoms with E-state index < -0.39 is 5.97 Å². The van der Waals surface area contributed by atoms with E-state index in [0.717, 1.165) is 5.56 Å². The van der Waals surface area contributed by atoms with Gasteiger partial charge in [0.15, 0.2) is 0 Å². The molecule has 0 aliphatic rings. The lowest BCUT2D eigenvalue weighted by Crippen LogP contribution is -2.24. The Bertz CT molecular complexity index is 619. The predicted molar refractivity (Wildman–Crippen MR) is 67.8 cm³/mol. The maximum Gasteiger partial charge on any atom is 0.335 e. The zero-order chi connectivity index (χ0) is 13.8. The molecule has 19 heavy (non-hydrogen) atoms. The third-order valence-corrected chi connectivity index (χ3v) is 2.68. The fourth-order valence-corrected chi connectivity index (χ4v) is 1.66. The van der Waals surface area contributed by atoms with E-state index >= 15 is 0 Å². The van der Waals surface area contributed by atoms with E-state index in [-0.39, 0.29) is 18.0 Å². The van der Waals surface area contributed by atoms with Crippen LogP contribution in [-0.2, 0) is 13.6 Å². The Kier molecular flexibility index (Phi) is 3.61. The lowest BCUT2D eigenvalue weighted by molar-refractivity contribution is 0.0696. The monoisotopic (exact) mass is 259 g/mol. The van der Waals surface area contributed by atoms with Crippen LogP contribution >= 0.6 is 0 Å². The summed E-state index contributed by atoms with van der Waals surface area (Å²) in [5.41, 5.74) is 1.39.